The standard InChI is InChI=1S/C35H31FN4O2/c36-27-13-8-24(9-14-27)12-19-32(41)37-29-17-18-30-31(22-29)39-35(42)33(30)34(26-6-2-1-3-7-26)38-28-15-10-25(11-16-28)23-40-20-4-5-21-40/h1-3,6-19,22,39,42H,4-5,20-21,23H2,(H,37,41)/b19-12+,38-34?. The van der Waals surface area contributed by atoms with Crippen LogP contribution in [-0.4, -0.2) is 39.7 Å². The number of aliphatic imine (C=N–C) groups is 1. The number of carbonyl (C=O) groups is 1. The molecule has 2 heterocycles. The number of likely N-dealkylation sites (tertiary alicyclic amines) is 1. The molecule has 7 heteroatoms. The lowest BCUT2D eigenvalue weighted by Crippen LogP contribution is -2.18. The SMILES string of the molecule is O=C(/C=C/c1ccc(F)cc1)Nc1ccc2c(C(=Nc3ccc(CN4CCCC4)cc3)c3ccccc3)c(O)[nH]c2c1. The number of aromatic hydroxyl groups is 1. The number of nitrogens with one attached hydrogen (secondary N) is 2. The number of benzene rings is 4. The highest BCUT2D eigenvalue weighted by Crippen LogP contribution is 2.33. The van der Waals surface area contributed by atoms with Crippen LogP contribution in [0.3, 0.4) is 0 Å². The first-order chi connectivity index (χ1) is 20.5. The highest BCUT2D eigenvalue weighted by molar-refractivity contribution is 6.22. The van der Waals surface area contributed by atoms with E-state index in [0.717, 1.165) is 41.8 Å². The molecule has 1 amide bonds. The van der Waals surface area contributed by atoms with Crippen molar-refractivity contribution in [1.82, 2.24) is 9.88 Å². The fourth-order valence-electron chi connectivity index (χ4n) is 5.30. The summed E-state index contributed by atoms with van der Waals surface area (Å²) in [7, 11) is 0. The molecule has 0 atom stereocenters. The van der Waals surface area contributed by atoms with Crippen molar-refractivity contribution < 1.29 is 14.3 Å². The fraction of sp³-hybridized carbons (Fsp3) is 0.143. The molecule has 1 saturated heterocycles. The van der Waals surface area contributed by atoms with Gasteiger partial charge in [-0.3, -0.25) is 9.69 Å². The van der Waals surface area contributed by atoms with E-state index in [-0.39, 0.29) is 17.6 Å². The average Bonchev–Trinajstić information content (AvgIpc) is 3.63. The minimum atomic E-state index is -0.329. The van der Waals surface area contributed by atoms with Crippen LogP contribution in [0.2, 0.25) is 0 Å². The van der Waals surface area contributed by atoms with Gasteiger partial charge in [-0.2, -0.15) is 0 Å². The normalized spacial score (nSPS) is 14.2. The van der Waals surface area contributed by atoms with Crippen LogP contribution in [0.25, 0.3) is 17.0 Å². The molecule has 1 aliphatic rings. The van der Waals surface area contributed by atoms with Gasteiger partial charge in [0.1, 0.15) is 5.82 Å². The smallest absolute Gasteiger partial charge is 0.248 e. The van der Waals surface area contributed by atoms with Crippen molar-refractivity contribution >= 4 is 40.0 Å². The van der Waals surface area contributed by atoms with E-state index >= 15 is 0 Å². The lowest BCUT2D eigenvalue weighted by Gasteiger charge is -2.14. The van der Waals surface area contributed by atoms with Crippen LogP contribution < -0.4 is 5.32 Å². The molecule has 0 bridgehead atoms. The summed E-state index contributed by atoms with van der Waals surface area (Å²) in [6.45, 7) is 3.24. The molecule has 0 unspecified atom stereocenters. The fourth-order valence-corrected chi connectivity index (χ4v) is 5.30. The number of H-pyrrole nitrogens is 1. The van der Waals surface area contributed by atoms with E-state index in [0.29, 0.717) is 22.5 Å². The summed E-state index contributed by atoms with van der Waals surface area (Å²) in [6.07, 6.45) is 5.54. The van der Waals surface area contributed by atoms with Crippen LogP contribution in [0.4, 0.5) is 15.8 Å². The molecule has 0 spiro atoms. The van der Waals surface area contributed by atoms with Crippen molar-refractivity contribution in [1.29, 1.82) is 0 Å². The quantitative estimate of drug-likeness (QED) is 0.137. The number of amides is 1. The molecule has 42 heavy (non-hydrogen) atoms. The Labute approximate surface area is 243 Å². The molecular weight excluding hydrogens is 527 g/mol. The van der Waals surface area contributed by atoms with E-state index in [1.54, 1.807) is 30.3 Å². The molecule has 1 fully saturated rings. The summed E-state index contributed by atoms with van der Waals surface area (Å²) in [5.41, 5.74) is 6.10. The van der Waals surface area contributed by atoms with Gasteiger partial charge in [0.2, 0.25) is 5.91 Å². The van der Waals surface area contributed by atoms with Gasteiger partial charge in [-0.05, 0) is 85.6 Å². The second-order valence-corrected chi connectivity index (χ2v) is 10.5. The van der Waals surface area contributed by atoms with Crippen molar-refractivity contribution in [3.8, 4) is 5.88 Å². The summed E-state index contributed by atoms with van der Waals surface area (Å²) < 4.78 is 13.1. The third-order valence-corrected chi connectivity index (χ3v) is 7.41. The summed E-state index contributed by atoms with van der Waals surface area (Å²) in [5, 5.41) is 14.7. The van der Waals surface area contributed by atoms with Crippen molar-refractivity contribution in [3.63, 3.8) is 0 Å². The Morgan fingerprint density at radius 3 is 2.43 bits per heavy atom. The first kappa shape index (κ1) is 27.2. The Kier molecular flexibility index (Phi) is 7.92. The lowest BCUT2D eigenvalue weighted by atomic mass is 10.0. The van der Waals surface area contributed by atoms with Crippen molar-refractivity contribution in [2.75, 3.05) is 18.4 Å². The second kappa shape index (κ2) is 12.2. The van der Waals surface area contributed by atoms with Crippen LogP contribution in [0, 0.1) is 5.82 Å². The first-order valence-corrected chi connectivity index (χ1v) is 14.1. The van der Waals surface area contributed by atoms with Gasteiger partial charge in [0.05, 0.1) is 22.5 Å². The zero-order chi connectivity index (χ0) is 28.9. The molecule has 6 nitrogen and oxygen atoms in total. The molecular formula is C35H31FN4O2. The van der Waals surface area contributed by atoms with Crippen molar-refractivity contribution in [2.45, 2.75) is 19.4 Å². The van der Waals surface area contributed by atoms with E-state index in [1.165, 1.54) is 36.6 Å². The molecule has 6 rings (SSSR count). The van der Waals surface area contributed by atoms with Gasteiger partial charge >= 0.3 is 0 Å². The largest absolute Gasteiger partial charge is 0.494 e. The summed E-state index contributed by atoms with van der Waals surface area (Å²) >= 11 is 0. The van der Waals surface area contributed by atoms with E-state index in [4.69, 9.17) is 4.99 Å². The number of halogens is 1. The topological polar surface area (TPSA) is 80.7 Å². The number of nitrogens with zero attached hydrogens (tertiary/aromatic N) is 2. The van der Waals surface area contributed by atoms with Crippen LogP contribution in [-0.2, 0) is 11.3 Å². The van der Waals surface area contributed by atoms with E-state index in [9.17, 15) is 14.3 Å². The maximum absolute atomic E-state index is 13.1. The first-order valence-electron chi connectivity index (χ1n) is 14.1. The van der Waals surface area contributed by atoms with Gasteiger partial charge in [0.15, 0.2) is 5.88 Å². The Balaban J connectivity index is 1.28. The third kappa shape index (κ3) is 6.32. The van der Waals surface area contributed by atoms with Crippen molar-refractivity contribution in [3.05, 3.63) is 131 Å². The van der Waals surface area contributed by atoms with Crippen molar-refractivity contribution in [2.24, 2.45) is 4.99 Å². The zero-order valence-electron chi connectivity index (χ0n) is 23.1. The predicted octanol–water partition coefficient (Wildman–Crippen LogP) is 7.43. The molecule has 1 aliphatic heterocycles. The van der Waals surface area contributed by atoms with Gasteiger partial charge in [-0.25, -0.2) is 9.38 Å². The second-order valence-electron chi connectivity index (χ2n) is 10.5. The van der Waals surface area contributed by atoms with Gasteiger partial charge in [0.25, 0.3) is 0 Å². The van der Waals surface area contributed by atoms with E-state index in [1.807, 2.05) is 48.5 Å². The minimum absolute atomic E-state index is 0.00191. The Morgan fingerprint density at radius 1 is 0.952 bits per heavy atom. The number of aromatic nitrogens is 1. The van der Waals surface area contributed by atoms with E-state index < -0.39 is 0 Å². The molecule has 0 aliphatic carbocycles. The van der Waals surface area contributed by atoms with Crippen LogP contribution in [0.15, 0.2) is 108 Å². The van der Waals surface area contributed by atoms with Crippen LogP contribution in [0.1, 0.15) is 35.1 Å². The summed E-state index contributed by atoms with van der Waals surface area (Å²) in [6, 6.07) is 29.4. The molecule has 4 aromatic carbocycles. The van der Waals surface area contributed by atoms with Gasteiger partial charge < -0.3 is 15.4 Å². The van der Waals surface area contributed by atoms with E-state index in [2.05, 4.69) is 27.3 Å². The number of aromatic amines is 1. The number of rotatable bonds is 8. The number of anilines is 1. The number of hydrogen-bond donors (Lipinski definition) is 3. The molecule has 3 N–H and O–H groups in total. The molecule has 5 aromatic rings. The maximum atomic E-state index is 13.1. The average molecular weight is 559 g/mol. The van der Waals surface area contributed by atoms with Gasteiger partial charge in [-0.15, -0.1) is 0 Å². The predicted molar refractivity (Wildman–Crippen MR) is 167 cm³/mol. The summed E-state index contributed by atoms with van der Waals surface area (Å²) in [5.74, 6) is -0.655. The Morgan fingerprint density at radius 2 is 1.69 bits per heavy atom. The molecule has 0 saturated carbocycles. The number of hydrogen-bond acceptors (Lipinski definition) is 4. The highest BCUT2D eigenvalue weighted by Gasteiger charge is 2.19. The number of carbonyl (C=O) groups excluding carboxylic acids is 1. The third-order valence-electron chi connectivity index (χ3n) is 7.41. The monoisotopic (exact) mass is 558 g/mol. The minimum Gasteiger partial charge on any atom is -0.494 e. The van der Waals surface area contributed by atoms with Crippen LogP contribution in [0.5, 0.6) is 5.88 Å². The lowest BCUT2D eigenvalue weighted by molar-refractivity contribution is -0.111. The van der Waals surface area contributed by atoms with Gasteiger partial charge in [0, 0.05) is 29.3 Å². The Bertz CT molecular complexity index is 1750. The summed E-state index contributed by atoms with van der Waals surface area (Å²) in [4.78, 5) is 23.1. The van der Waals surface area contributed by atoms with Gasteiger partial charge in [-0.1, -0.05) is 54.6 Å². The molecule has 1 aromatic heterocycles. The zero-order valence-corrected chi connectivity index (χ0v) is 23.1. The molecule has 0 radical (unpaired) electrons. The van der Waals surface area contributed by atoms with Crippen LogP contribution >= 0.6 is 0 Å². The Hall–Kier alpha value is -5.01. The maximum Gasteiger partial charge on any atom is 0.248 e. The highest BCUT2D eigenvalue weighted by atomic mass is 19.1. The number of fused-ring (bicyclic) bond motifs is 1. The molecule has 210 valence electrons.